The summed E-state index contributed by atoms with van der Waals surface area (Å²) in [6.45, 7) is 9.24. The molecule has 1 aliphatic rings. The molecule has 36 heavy (non-hydrogen) atoms. The van der Waals surface area contributed by atoms with Gasteiger partial charge in [0.05, 0.1) is 13.2 Å². The lowest BCUT2D eigenvalue weighted by Gasteiger charge is -2.30. The Morgan fingerprint density at radius 2 is 1.83 bits per heavy atom. The maximum atomic E-state index is 13.3. The van der Waals surface area contributed by atoms with Crippen LogP contribution in [0.4, 0.5) is 4.79 Å². The van der Waals surface area contributed by atoms with Crippen LogP contribution in [-0.2, 0) is 32.2 Å². The fourth-order valence-corrected chi connectivity index (χ4v) is 3.89. The molecule has 3 N–H and O–H groups in total. The SMILES string of the molecule is CC(C)(C)OC(=O)NC(C)(C)C(=O)N[C@H](COCc1ccccc1)c1nnc2n1CCCC2C(=O)O. The summed E-state index contributed by atoms with van der Waals surface area (Å²) >= 11 is 0. The van der Waals surface area contributed by atoms with Gasteiger partial charge in [-0.05, 0) is 53.0 Å². The van der Waals surface area contributed by atoms with E-state index in [-0.39, 0.29) is 6.61 Å². The highest BCUT2D eigenvalue weighted by molar-refractivity contribution is 5.89. The number of fused-ring (bicyclic) bond motifs is 1. The molecule has 0 aliphatic carbocycles. The zero-order chi connectivity index (χ0) is 26.5. The average molecular weight is 502 g/mol. The molecule has 0 spiro atoms. The van der Waals surface area contributed by atoms with Crippen LogP contribution in [0, 0.1) is 0 Å². The molecule has 196 valence electrons. The number of alkyl carbamates (subject to hydrolysis) is 1. The molecule has 11 nitrogen and oxygen atoms in total. The molecule has 0 fully saturated rings. The minimum Gasteiger partial charge on any atom is -0.481 e. The number of ether oxygens (including phenoxy) is 2. The van der Waals surface area contributed by atoms with Crippen molar-refractivity contribution >= 4 is 18.0 Å². The van der Waals surface area contributed by atoms with Crippen LogP contribution >= 0.6 is 0 Å². The second-order valence-corrected chi connectivity index (χ2v) is 10.4. The van der Waals surface area contributed by atoms with Gasteiger partial charge in [-0.25, -0.2) is 4.79 Å². The van der Waals surface area contributed by atoms with Crippen molar-refractivity contribution in [3.8, 4) is 0 Å². The number of aliphatic carboxylic acids is 1. The third-order valence-electron chi connectivity index (χ3n) is 5.69. The number of aromatic nitrogens is 3. The van der Waals surface area contributed by atoms with E-state index in [1.165, 1.54) is 0 Å². The van der Waals surface area contributed by atoms with Gasteiger partial charge in [0.2, 0.25) is 5.91 Å². The van der Waals surface area contributed by atoms with E-state index in [1.54, 1.807) is 39.2 Å². The molecule has 1 aromatic carbocycles. The first-order valence-electron chi connectivity index (χ1n) is 12.0. The number of carbonyl (C=O) groups is 3. The Morgan fingerprint density at radius 3 is 2.47 bits per heavy atom. The van der Waals surface area contributed by atoms with E-state index < -0.39 is 41.1 Å². The van der Waals surface area contributed by atoms with E-state index in [4.69, 9.17) is 9.47 Å². The van der Waals surface area contributed by atoms with Crippen LogP contribution in [0.5, 0.6) is 0 Å². The van der Waals surface area contributed by atoms with E-state index >= 15 is 0 Å². The first kappa shape index (κ1) is 27.1. The van der Waals surface area contributed by atoms with Crippen LogP contribution in [0.2, 0.25) is 0 Å². The van der Waals surface area contributed by atoms with E-state index in [9.17, 15) is 19.5 Å². The zero-order valence-electron chi connectivity index (χ0n) is 21.4. The predicted octanol–water partition coefficient (Wildman–Crippen LogP) is 2.92. The summed E-state index contributed by atoms with van der Waals surface area (Å²) in [5.41, 5.74) is -1.07. The van der Waals surface area contributed by atoms with Gasteiger partial charge in [0.1, 0.15) is 28.9 Å². The largest absolute Gasteiger partial charge is 0.481 e. The molecule has 0 saturated heterocycles. The number of nitrogens with one attached hydrogen (secondary N) is 2. The Morgan fingerprint density at radius 1 is 1.14 bits per heavy atom. The molecule has 2 heterocycles. The molecular weight excluding hydrogens is 466 g/mol. The Balaban J connectivity index is 1.80. The number of rotatable bonds is 9. The molecule has 2 amide bonds. The summed E-state index contributed by atoms with van der Waals surface area (Å²) in [5, 5.41) is 23.5. The number of carboxylic acid groups (broad SMARTS) is 1. The van der Waals surface area contributed by atoms with E-state index in [1.807, 2.05) is 30.3 Å². The van der Waals surface area contributed by atoms with Gasteiger partial charge in [-0.2, -0.15) is 0 Å². The van der Waals surface area contributed by atoms with Crippen molar-refractivity contribution < 1.29 is 29.0 Å². The van der Waals surface area contributed by atoms with Crippen LogP contribution in [0.25, 0.3) is 0 Å². The van der Waals surface area contributed by atoms with Crippen LogP contribution < -0.4 is 10.6 Å². The maximum absolute atomic E-state index is 13.3. The highest BCUT2D eigenvalue weighted by Crippen LogP contribution is 2.29. The second-order valence-electron chi connectivity index (χ2n) is 10.4. The number of hydrogen-bond donors (Lipinski definition) is 3. The van der Waals surface area contributed by atoms with Crippen molar-refractivity contribution in [1.29, 1.82) is 0 Å². The predicted molar refractivity (Wildman–Crippen MR) is 130 cm³/mol. The topological polar surface area (TPSA) is 145 Å². The van der Waals surface area contributed by atoms with Gasteiger partial charge in [0, 0.05) is 6.54 Å². The number of hydrogen-bond acceptors (Lipinski definition) is 7. The third-order valence-corrected chi connectivity index (χ3v) is 5.69. The number of nitrogens with zero attached hydrogens (tertiary/aromatic N) is 3. The van der Waals surface area contributed by atoms with Crippen molar-refractivity contribution in [3.05, 3.63) is 47.5 Å². The van der Waals surface area contributed by atoms with Crippen molar-refractivity contribution in [2.75, 3.05) is 6.61 Å². The van der Waals surface area contributed by atoms with Gasteiger partial charge in [-0.15, -0.1) is 10.2 Å². The van der Waals surface area contributed by atoms with Gasteiger partial charge in [-0.1, -0.05) is 30.3 Å². The van der Waals surface area contributed by atoms with Gasteiger partial charge < -0.3 is 29.8 Å². The summed E-state index contributed by atoms with van der Waals surface area (Å²) in [6, 6.07) is 8.85. The fraction of sp³-hybridized carbons (Fsp3) is 0.560. The lowest BCUT2D eigenvalue weighted by Crippen LogP contribution is -2.56. The highest BCUT2D eigenvalue weighted by Gasteiger charge is 2.36. The Bertz CT molecular complexity index is 1080. The van der Waals surface area contributed by atoms with Crippen molar-refractivity contribution in [2.45, 2.75) is 83.7 Å². The summed E-state index contributed by atoms with van der Waals surface area (Å²) in [7, 11) is 0. The van der Waals surface area contributed by atoms with Crippen LogP contribution in [0.3, 0.4) is 0 Å². The molecule has 0 saturated carbocycles. The van der Waals surface area contributed by atoms with Crippen molar-refractivity contribution in [1.82, 2.24) is 25.4 Å². The molecule has 1 aliphatic heterocycles. The fourth-order valence-electron chi connectivity index (χ4n) is 3.89. The number of carboxylic acids is 1. The van der Waals surface area contributed by atoms with Crippen LogP contribution in [0.15, 0.2) is 30.3 Å². The summed E-state index contributed by atoms with van der Waals surface area (Å²) in [5.74, 6) is -1.43. The summed E-state index contributed by atoms with van der Waals surface area (Å²) in [6.07, 6.45) is 0.400. The normalized spacial score (nSPS) is 16.5. The molecule has 2 aromatic rings. The quantitative estimate of drug-likeness (QED) is 0.476. The van der Waals surface area contributed by atoms with E-state index in [0.717, 1.165) is 5.56 Å². The van der Waals surface area contributed by atoms with E-state index in [2.05, 4.69) is 20.8 Å². The first-order chi connectivity index (χ1) is 16.9. The second kappa shape index (κ2) is 11.1. The van der Waals surface area contributed by atoms with Crippen molar-refractivity contribution in [3.63, 3.8) is 0 Å². The summed E-state index contributed by atoms with van der Waals surface area (Å²) in [4.78, 5) is 37.3. The Kier molecular flexibility index (Phi) is 8.34. The monoisotopic (exact) mass is 501 g/mol. The van der Waals surface area contributed by atoms with Crippen molar-refractivity contribution in [2.24, 2.45) is 0 Å². The minimum absolute atomic E-state index is 0.0685. The highest BCUT2D eigenvalue weighted by atomic mass is 16.6. The standard InChI is InChI=1S/C25H35N5O6/c1-24(2,3)36-23(34)27-25(4,5)22(33)26-18(15-35-14-16-10-7-6-8-11-16)20-29-28-19-17(21(31)32)12-9-13-30(19)20/h6-8,10-11,17-18H,9,12-15H2,1-5H3,(H,26,33)(H,27,34)(H,31,32)/t17?,18-/m1/s1. The molecule has 0 bridgehead atoms. The molecule has 11 heteroatoms. The Labute approximate surface area is 210 Å². The maximum Gasteiger partial charge on any atom is 0.408 e. The lowest BCUT2D eigenvalue weighted by molar-refractivity contribution is -0.139. The molecule has 1 unspecified atom stereocenters. The first-order valence-corrected chi connectivity index (χ1v) is 12.0. The average Bonchev–Trinajstić information content (AvgIpc) is 3.21. The van der Waals surface area contributed by atoms with Crippen LogP contribution in [-0.4, -0.2) is 55.6 Å². The zero-order valence-corrected chi connectivity index (χ0v) is 21.4. The van der Waals surface area contributed by atoms with Crippen LogP contribution in [0.1, 0.15) is 76.6 Å². The molecule has 3 rings (SSSR count). The lowest BCUT2D eigenvalue weighted by atomic mass is 9.99. The van der Waals surface area contributed by atoms with E-state index in [0.29, 0.717) is 37.6 Å². The number of amides is 2. The molecular formula is C25H35N5O6. The molecule has 0 radical (unpaired) electrons. The molecule has 1 aromatic heterocycles. The minimum atomic E-state index is -1.31. The van der Waals surface area contributed by atoms with Gasteiger partial charge in [0.25, 0.3) is 0 Å². The van der Waals surface area contributed by atoms with Gasteiger partial charge in [-0.3, -0.25) is 9.59 Å². The van der Waals surface area contributed by atoms with Gasteiger partial charge >= 0.3 is 12.1 Å². The smallest absolute Gasteiger partial charge is 0.408 e. The van der Waals surface area contributed by atoms with Gasteiger partial charge in [0.15, 0.2) is 5.82 Å². The number of benzene rings is 1. The third kappa shape index (κ3) is 7.03. The summed E-state index contributed by atoms with van der Waals surface area (Å²) < 4.78 is 12.9. The molecule has 2 atom stereocenters. The Hall–Kier alpha value is -3.47. The number of carbonyl (C=O) groups excluding carboxylic acids is 2.